The fraction of sp³-hybridized carbons (Fsp3) is 0.750. The summed E-state index contributed by atoms with van der Waals surface area (Å²) < 4.78 is 0. The van der Waals surface area contributed by atoms with Crippen LogP contribution in [0.3, 0.4) is 0 Å². The van der Waals surface area contributed by atoms with Crippen molar-refractivity contribution in [3.05, 3.63) is 0 Å². The summed E-state index contributed by atoms with van der Waals surface area (Å²) in [5, 5.41) is 3.80. The smallest absolute Gasteiger partial charge is 0.332 e. The summed E-state index contributed by atoms with van der Waals surface area (Å²) in [6.07, 6.45) is 2.01. The van der Waals surface area contributed by atoms with E-state index < -0.39 is 6.03 Å². The highest BCUT2D eigenvalue weighted by atomic mass is 16.2. The molecule has 0 aromatic rings. The second kappa shape index (κ2) is 5.57. The van der Waals surface area contributed by atoms with Crippen molar-refractivity contribution < 1.29 is 4.79 Å². The van der Waals surface area contributed by atoms with Gasteiger partial charge in [0.1, 0.15) is 0 Å². The van der Waals surface area contributed by atoms with E-state index in [2.05, 4.69) is 24.4 Å². The topological polar surface area (TPSA) is 67.5 Å². The van der Waals surface area contributed by atoms with Gasteiger partial charge in [0.2, 0.25) is 0 Å². The first-order chi connectivity index (χ1) is 5.56. The highest BCUT2D eigenvalue weighted by Gasteiger charge is 2.00. The van der Waals surface area contributed by atoms with E-state index in [9.17, 15) is 4.79 Å². The Balaban J connectivity index is 3.77. The molecule has 0 saturated carbocycles. The molecule has 0 aliphatic heterocycles. The molecule has 1 atom stereocenters. The Hall–Kier alpha value is -1.06. The van der Waals surface area contributed by atoms with Crippen molar-refractivity contribution in [2.24, 2.45) is 16.8 Å². The summed E-state index contributed by atoms with van der Waals surface area (Å²) in [6, 6.07) is -0.612. The van der Waals surface area contributed by atoms with E-state index in [1.807, 2.05) is 6.92 Å². The number of amides is 2. The molecule has 2 amide bonds. The van der Waals surface area contributed by atoms with E-state index in [0.29, 0.717) is 5.92 Å². The molecule has 0 radical (unpaired) electrons. The second-order valence-corrected chi connectivity index (χ2v) is 3.04. The molecule has 0 rings (SSSR count). The first-order valence-corrected chi connectivity index (χ1v) is 4.14. The number of nitrogens with one attached hydrogen (secondary N) is 1. The predicted octanol–water partition coefficient (Wildman–Crippen LogP) is 1.47. The second-order valence-electron chi connectivity index (χ2n) is 3.04. The van der Waals surface area contributed by atoms with Crippen LogP contribution in [0.5, 0.6) is 0 Å². The van der Waals surface area contributed by atoms with Crippen LogP contribution in [0.15, 0.2) is 5.10 Å². The van der Waals surface area contributed by atoms with Crippen LogP contribution in [0.25, 0.3) is 0 Å². The van der Waals surface area contributed by atoms with E-state index in [-0.39, 0.29) is 0 Å². The number of hydrogen-bond acceptors (Lipinski definition) is 2. The van der Waals surface area contributed by atoms with Gasteiger partial charge >= 0.3 is 6.03 Å². The van der Waals surface area contributed by atoms with Gasteiger partial charge < -0.3 is 5.73 Å². The van der Waals surface area contributed by atoms with E-state index in [1.165, 1.54) is 0 Å². The minimum atomic E-state index is -0.612. The van der Waals surface area contributed by atoms with Gasteiger partial charge in [-0.25, -0.2) is 10.2 Å². The number of primary amides is 1. The lowest BCUT2D eigenvalue weighted by Gasteiger charge is -2.06. The highest BCUT2D eigenvalue weighted by Crippen LogP contribution is 2.06. The Morgan fingerprint density at radius 3 is 2.67 bits per heavy atom. The van der Waals surface area contributed by atoms with Crippen LogP contribution in [0.2, 0.25) is 0 Å². The van der Waals surface area contributed by atoms with E-state index in [4.69, 9.17) is 5.73 Å². The Labute approximate surface area is 73.2 Å². The maximum absolute atomic E-state index is 10.3. The molecule has 0 bridgehead atoms. The van der Waals surface area contributed by atoms with E-state index >= 15 is 0 Å². The summed E-state index contributed by atoms with van der Waals surface area (Å²) >= 11 is 0. The molecular weight excluding hydrogens is 154 g/mol. The number of nitrogens with zero attached hydrogens (tertiary/aromatic N) is 1. The number of hydrazone groups is 1. The third-order valence-corrected chi connectivity index (χ3v) is 1.70. The highest BCUT2D eigenvalue weighted by molar-refractivity contribution is 5.83. The summed E-state index contributed by atoms with van der Waals surface area (Å²) in [7, 11) is 0. The molecule has 4 heteroatoms. The van der Waals surface area contributed by atoms with E-state index in [0.717, 1.165) is 18.6 Å². The van der Waals surface area contributed by atoms with Gasteiger partial charge in [-0.3, -0.25) is 0 Å². The zero-order valence-corrected chi connectivity index (χ0v) is 7.92. The monoisotopic (exact) mass is 171 g/mol. The van der Waals surface area contributed by atoms with Crippen LogP contribution in [-0.4, -0.2) is 11.7 Å². The molecule has 3 N–H and O–H groups in total. The molecule has 0 aromatic heterocycles. The third-order valence-electron chi connectivity index (χ3n) is 1.70. The number of hydrogen-bond donors (Lipinski definition) is 2. The average Bonchev–Trinajstić information content (AvgIpc) is 2.00. The molecule has 0 spiro atoms. The van der Waals surface area contributed by atoms with Crippen LogP contribution >= 0.6 is 0 Å². The van der Waals surface area contributed by atoms with Gasteiger partial charge in [0.05, 0.1) is 0 Å². The Kier molecular flexibility index (Phi) is 5.08. The van der Waals surface area contributed by atoms with Gasteiger partial charge in [-0.15, -0.1) is 0 Å². The summed E-state index contributed by atoms with van der Waals surface area (Å²) in [5.74, 6) is 0.600. The minimum Gasteiger partial charge on any atom is -0.350 e. The molecule has 4 nitrogen and oxygen atoms in total. The normalized spacial score (nSPS) is 14.1. The van der Waals surface area contributed by atoms with Gasteiger partial charge in [-0.1, -0.05) is 20.3 Å². The Morgan fingerprint density at radius 2 is 2.25 bits per heavy atom. The molecule has 0 aliphatic carbocycles. The fourth-order valence-electron chi connectivity index (χ4n) is 0.845. The van der Waals surface area contributed by atoms with Gasteiger partial charge in [-0.05, 0) is 19.3 Å². The van der Waals surface area contributed by atoms with Crippen LogP contribution < -0.4 is 11.2 Å². The van der Waals surface area contributed by atoms with Crippen molar-refractivity contribution in [1.29, 1.82) is 0 Å². The average molecular weight is 171 g/mol. The summed E-state index contributed by atoms with van der Waals surface area (Å²) in [5.41, 5.74) is 7.95. The third kappa shape index (κ3) is 5.70. The molecule has 70 valence electrons. The number of nitrogens with two attached hydrogens (primary N) is 1. The quantitative estimate of drug-likeness (QED) is 0.488. The first-order valence-electron chi connectivity index (χ1n) is 4.14. The van der Waals surface area contributed by atoms with Crippen molar-refractivity contribution in [3.8, 4) is 0 Å². The Morgan fingerprint density at radius 1 is 1.67 bits per heavy atom. The van der Waals surface area contributed by atoms with Crippen molar-refractivity contribution in [3.63, 3.8) is 0 Å². The molecule has 0 heterocycles. The van der Waals surface area contributed by atoms with Crippen LogP contribution in [-0.2, 0) is 0 Å². The molecular formula is C8H17N3O. The lowest BCUT2D eigenvalue weighted by atomic mass is 10.0. The zero-order valence-electron chi connectivity index (χ0n) is 7.92. The minimum absolute atomic E-state index is 0.600. The Bertz CT molecular complexity index is 177. The molecule has 0 saturated heterocycles. The zero-order chi connectivity index (χ0) is 9.56. The van der Waals surface area contributed by atoms with Crippen LogP contribution in [0.1, 0.15) is 33.6 Å². The van der Waals surface area contributed by atoms with Crippen molar-refractivity contribution in [2.75, 3.05) is 0 Å². The SMILES string of the molecule is CC[C@H](C)C/C(C)=N/NC(N)=O. The summed E-state index contributed by atoms with van der Waals surface area (Å²) in [6.45, 7) is 6.14. The number of carbonyl (C=O) groups excluding carboxylic acids is 1. The van der Waals surface area contributed by atoms with Gasteiger partial charge in [0, 0.05) is 5.71 Å². The van der Waals surface area contributed by atoms with Crippen LogP contribution in [0, 0.1) is 5.92 Å². The maximum atomic E-state index is 10.3. The number of rotatable bonds is 4. The molecule has 0 aromatic carbocycles. The molecule has 0 unspecified atom stereocenters. The molecule has 0 fully saturated rings. The maximum Gasteiger partial charge on any atom is 0.332 e. The van der Waals surface area contributed by atoms with Crippen molar-refractivity contribution >= 4 is 11.7 Å². The largest absolute Gasteiger partial charge is 0.350 e. The standard InChI is InChI=1S/C8H17N3O/c1-4-6(2)5-7(3)10-11-8(9)12/h6H,4-5H2,1-3H3,(H3,9,11,12)/b10-7+/t6-/m0/s1. The lowest BCUT2D eigenvalue weighted by molar-refractivity contribution is 0.249. The first kappa shape index (κ1) is 10.9. The molecule has 12 heavy (non-hydrogen) atoms. The van der Waals surface area contributed by atoms with Crippen LogP contribution in [0.4, 0.5) is 4.79 Å². The fourth-order valence-corrected chi connectivity index (χ4v) is 0.845. The van der Waals surface area contributed by atoms with Gasteiger partial charge in [-0.2, -0.15) is 5.10 Å². The predicted molar refractivity (Wildman–Crippen MR) is 49.9 cm³/mol. The van der Waals surface area contributed by atoms with E-state index in [1.54, 1.807) is 0 Å². The summed E-state index contributed by atoms with van der Waals surface area (Å²) in [4.78, 5) is 10.3. The molecule has 0 aliphatic rings. The number of urea groups is 1. The van der Waals surface area contributed by atoms with Gasteiger partial charge in [0.15, 0.2) is 0 Å². The van der Waals surface area contributed by atoms with Crippen molar-refractivity contribution in [1.82, 2.24) is 5.43 Å². The van der Waals surface area contributed by atoms with Gasteiger partial charge in [0.25, 0.3) is 0 Å². The van der Waals surface area contributed by atoms with Crippen molar-refractivity contribution in [2.45, 2.75) is 33.6 Å². The number of carbonyl (C=O) groups is 1. The lowest BCUT2D eigenvalue weighted by Crippen LogP contribution is -2.25.